The second kappa shape index (κ2) is 5.00. The van der Waals surface area contributed by atoms with Crippen LogP contribution < -0.4 is 15.2 Å². The number of ether oxygens (including phenoxy) is 2. The Morgan fingerprint density at radius 2 is 1.56 bits per heavy atom. The molecule has 3 heteroatoms. The Morgan fingerprint density at radius 1 is 0.944 bits per heavy atom. The number of nitrogens with two attached hydrogens (primary N) is 1. The Kier molecular flexibility index (Phi) is 3.42. The third-order valence-electron chi connectivity index (χ3n) is 2.91. The van der Waals surface area contributed by atoms with Crippen LogP contribution in [-0.2, 0) is 0 Å². The summed E-state index contributed by atoms with van der Waals surface area (Å²) in [6.07, 6.45) is 0. The van der Waals surface area contributed by atoms with Gasteiger partial charge >= 0.3 is 0 Å². The quantitative estimate of drug-likeness (QED) is 0.841. The van der Waals surface area contributed by atoms with E-state index in [1.54, 1.807) is 14.2 Å². The summed E-state index contributed by atoms with van der Waals surface area (Å²) in [6.45, 7) is 2.03. The summed E-state index contributed by atoms with van der Waals surface area (Å²) in [6, 6.07) is 11.6. The molecule has 0 spiro atoms. The molecule has 0 heterocycles. The molecule has 2 aromatic rings. The van der Waals surface area contributed by atoms with Gasteiger partial charge in [-0.2, -0.15) is 0 Å². The first-order valence-corrected chi connectivity index (χ1v) is 5.75. The monoisotopic (exact) mass is 243 g/mol. The molecule has 0 unspecified atom stereocenters. The fraction of sp³-hybridized carbons (Fsp3) is 0.200. The molecule has 0 amide bonds. The maximum Gasteiger partial charge on any atom is 0.130 e. The molecule has 18 heavy (non-hydrogen) atoms. The number of hydrogen-bond acceptors (Lipinski definition) is 3. The molecule has 0 saturated heterocycles. The zero-order chi connectivity index (χ0) is 13.1. The third-order valence-corrected chi connectivity index (χ3v) is 2.91. The van der Waals surface area contributed by atoms with Crippen molar-refractivity contribution in [3.63, 3.8) is 0 Å². The fourth-order valence-corrected chi connectivity index (χ4v) is 2.00. The van der Waals surface area contributed by atoms with Crippen LogP contribution >= 0.6 is 0 Å². The standard InChI is InChI=1S/C15H17NO2/c1-10-7-8-12(16)11(9-10)15-13(17-2)5-4-6-14(15)18-3/h4-9H,16H2,1-3H3. The maximum atomic E-state index is 6.06. The van der Waals surface area contributed by atoms with Gasteiger partial charge in [0.1, 0.15) is 11.5 Å². The second-order valence-electron chi connectivity index (χ2n) is 4.13. The lowest BCUT2D eigenvalue weighted by Crippen LogP contribution is -1.96. The molecule has 0 bridgehead atoms. The molecular weight excluding hydrogens is 226 g/mol. The van der Waals surface area contributed by atoms with Crippen molar-refractivity contribution in [2.75, 3.05) is 20.0 Å². The van der Waals surface area contributed by atoms with E-state index in [-0.39, 0.29) is 0 Å². The Morgan fingerprint density at radius 3 is 2.11 bits per heavy atom. The van der Waals surface area contributed by atoms with Crippen LogP contribution in [0.3, 0.4) is 0 Å². The number of nitrogen functional groups attached to an aromatic ring is 1. The minimum Gasteiger partial charge on any atom is -0.496 e. The van der Waals surface area contributed by atoms with Gasteiger partial charge in [-0.1, -0.05) is 17.7 Å². The van der Waals surface area contributed by atoms with Crippen molar-refractivity contribution in [2.45, 2.75) is 6.92 Å². The van der Waals surface area contributed by atoms with Gasteiger partial charge in [0, 0.05) is 11.3 Å². The van der Waals surface area contributed by atoms with Crippen LogP contribution in [0.4, 0.5) is 5.69 Å². The van der Waals surface area contributed by atoms with E-state index in [0.717, 1.165) is 28.2 Å². The Bertz CT molecular complexity index is 542. The van der Waals surface area contributed by atoms with Crippen LogP contribution in [0.15, 0.2) is 36.4 Å². The van der Waals surface area contributed by atoms with Gasteiger partial charge in [-0.05, 0) is 31.2 Å². The van der Waals surface area contributed by atoms with Gasteiger partial charge < -0.3 is 15.2 Å². The normalized spacial score (nSPS) is 10.2. The highest BCUT2D eigenvalue weighted by molar-refractivity contribution is 5.85. The van der Waals surface area contributed by atoms with Crippen molar-refractivity contribution in [2.24, 2.45) is 0 Å². The molecular formula is C15H17NO2. The predicted octanol–water partition coefficient (Wildman–Crippen LogP) is 3.26. The number of hydrogen-bond donors (Lipinski definition) is 1. The van der Waals surface area contributed by atoms with E-state index in [4.69, 9.17) is 15.2 Å². The lowest BCUT2D eigenvalue weighted by molar-refractivity contribution is 0.397. The molecule has 0 saturated carbocycles. The van der Waals surface area contributed by atoms with E-state index in [9.17, 15) is 0 Å². The smallest absolute Gasteiger partial charge is 0.130 e. The minimum absolute atomic E-state index is 0.711. The van der Waals surface area contributed by atoms with E-state index in [2.05, 4.69) is 0 Å². The Hall–Kier alpha value is -2.16. The van der Waals surface area contributed by atoms with E-state index < -0.39 is 0 Å². The molecule has 94 valence electrons. The average molecular weight is 243 g/mol. The predicted molar refractivity (Wildman–Crippen MR) is 74.1 cm³/mol. The minimum atomic E-state index is 0.711. The van der Waals surface area contributed by atoms with E-state index >= 15 is 0 Å². The summed E-state index contributed by atoms with van der Waals surface area (Å²) in [5, 5.41) is 0. The Labute approximate surface area is 107 Å². The second-order valence-corrected chi connectivity index (χ2v) is 4.13. The van der Waals surface area contributed by atoms with Crippen molar-refractivity contribution < 1.29 is 9.47 Å². The molecule has 0 atom stereocenters. The van der Waals surface area contributed by atoms with E-state index in [0.29, 0.717) is 5.69 Å². The van der Waals surface area contributed by atoms with Crippen LogP contribution in [0.2, 0.25) is 0 Å². The lowest BCUT2D eigenvalue weighted by Gasteiger charge is -2.15. The maximum absolute atomic E-state index is 6.06. The molecule has 2 aromatic carbocycles. The van der Waals surface area contributed by atoms with Gasteiger partial charge in [0.05, 0.1) is 19.8 Å². The summed E-state index contributed by atoms with van der Waals surface area (Å²) in [5.41, 5.74) is 9.74. The van der Waals surface area contributed by atoms with Gasteiger partial charge in [-0.25, -0.2) is 0 Å². The molecule has 2 N–H and O–H groups in total. The Balaban J connectivity index is 2.72. The zero-order valence-electron chi connectivity index (χ0n) is 10.9. The first kappa shape index (κ1) is 12.3. The fourth-order valence-electron chi connectivity index (χ4n) is 2.00. The van der Waals surface area contributed by atoms with Crippen LogP contribution in [-0.4, -0.2) is 14.2 Å². The highest BCUT2D eigenvalue weighted by Gasteiger charge is 2.14. The first-order valence-electron chi connectivity index (χ1n) is 5.75. The summed E-state index contributed by atoms with van der Waals surface area (Å²) < 4.78 is 10.8. The molecule has 0 aliphatic heterocycles. The molecule has 3 nitrogen and oxygen atoms in total. The van der Waals surface area contributed by atoms with E-state index in [1.165, 1.54) is 0 Å². The molecule has 0 aliphatic carbocycles. The molecule has 0 aliphatic rings. The highest BCUT2D eigenvalue weighted by atomic mass is 16.5. The molecule has 0 fully saturated rings. The number of rotatable bonds is 3. The first-order chi connectivity index (χ1) is 8.67. The van der Waals surface area contributed by atoms with Crippen molar-refractivity contribution in [3.05, 3.63) is 42.0 Å². The van der Waals surface area contributed by atoms with Crippen LogP contribution in [0.1, 0.15) is 5.56 Å². The zero-order valence-corrected chi connectivity index (χ0v) is 10.9. The number of benzene rings is 2. The summed E-state index contributed by atoms with van der Waals surface area (Å²) >= 11 is 0. The number of aryl methyl sites for hydroxylation is 1. The van der Waals surface area contributed by atoms with Crippen molar-refractivity contribution in [1.82, 2.24) is 0 Å². The summed E-state index contributed by atoms with van der Waals surface area (Å²) in [5.74, 6) is 1.51. The SMILES string of the molecule is COc1cccc(OC)c1-c1cc(C)ccc1N. The van der Waals surface area contributed by atoms with Crippen molar-refractivity contribution in [1.29, 1.82) is 0 Å². The molecule has 0 radical (unpaired) electrons. The topological polar surface area (TPSA) is 44.5 Å². The number of anilines is 1. The molecule has 2 rings (SSSR count). The highest BCUT2D eigenvalue weighted by Crippen LogP contribution is 2.41. The van der Waals surface area contributed by atoms with Gasteiger partial charge in [-0.15, -0.1) is 0 Å². The molecule has 0 aromatic heterocycles. The van der Waals surface area contributed by atoms with Crippen LogP contribution in [0.25, 0.3) is 11.1 Å². The van der Waals surface area contributed by atoms with Crippen LogP contribution in [0.5, 0.6) is 11.5 Å². The average Bonchev–Trinajstić information content (AvgIpc) is 2.40. The summed E-state index contributed by atoms with van der Waals surface area (Å²) in [7, 11) is 3.29. The van der Waals surface area contributed by atoms with Crippen LogP contribution in [0, 0.1) is 6.92 Å². The number of methoxy groups -OCH3 is 2. The van der Waals surface area contributed by atoms with Crippen molar-refractivity contribution >= 4 is 5.69 Å². The van der Waals surface area contributed by atoms with Gasteiger partial charge in [-0.3, -0.25) is 0 Å². The van der Waals surface area contributed by atoms with Gasteiger partial charge in [0.25, 0.3) is 0 Å². The summed E-state index contributed by atoms with van der Waals surface area (Å²) in [4.78, 5) is 0. The van der Waals surface area contributed by atoms with E-state index in [1.807, 2.05) is 43.3 Å². The largest absolute Gasteiger partial charge is 0.496 e. The van der Waals surface area contributed by atoms with Gasteiger partial charge in [0.2, 0.25) is 0 Å². The van der Waals surface area contributed by atoms with Gasteiger partial charge in [0.15, 0.2) is 0 Å². The lowest BCUT2D eigenvalue weighted by atomic mass is 9.99. The van der Waals surface area contributed by atoms with Crippen molar-refractivity contribution in [3.8, 4) is 22.6 Å². The third kappa shape index (κ3) is 2.12.